The number of aliphatic imine (C=N–C) groups is 1. The number of aryl methyl sites for hydroxylation is 1. The molecule has 2 aliphatic heterocycles. The summed E-state index contributed by atoms with van der Waals surface area (Å²) in [6, 6.07) is 8.24. The van der Waals surface area contributed by atoms with Gasteiger partial charge in [0.15, 0.2) is 5.96 Å². The molecule has 2 fully saturated rings. The molecule has 0 saturated carbocycles. The molecule has 1 unspecified atom stereocenters. The third-order valence-electron chi connectivity index (χ3n) is 5.97. The fourth-order valence-electron chi connectivity index (χ4n) is 4.07. The zero-order chi connectivity index (χ0) is 21.7. The molecular weight excluding hydrogens is 390 g/mol. The second kappa shape index (κ2) is 13.6. The van der Waals surface area contributed by atoms with Crippen molar-refractivity contribution >= 4 is 5.96 Å². The molecule has 0 aromatic heterocycles. The van der Waals surface area contributed by atoms with E-state index in [4.69, 9.17) is 19.2 Å². The van der Waals surface area contributed by atoms with Gasteiger partial charge >= 0.3 is 0 Å². The van der Waals surface area contributed by atoms with Crippen molar-refractivity contribution in [2.24, 2.45) is 4.99 Å². The van der Waals surface area contributed by atoms with Crippen molar-refractivity contribution in [3.63, 3.8) is 0 Å². The van der Waals surface area contributed by atoms with E-state index in [1.165, 1.54) is 18.4 Å². The summed E-state index contributed by atoms with van der Waals surface area (Å²) >= 11 is 0. The third kappa shape index (κ3) is 8.69. The Morgan fingerprint density at radius 1 is 1.13 bits per heavy atom. The van der Waals surface area contributed by atoms with Gasteiger partial charge in [-0.15, -0.1) is 0 Å². The summed E-state index contributed by atoms with van der Waals surface area (Å²) in [5.41, 5.74) is 1.26. The minimum Gasteiger partial charge on any atom is -0.494 e. The number of likely N-dealkylation sites (tertiary alicyclic amines) is 1. The maximum atomic E-state index is 6.15. The van der Waals surface area contributed by atoms with Crippen LogP contribution in [-0.2, 0) is 9.47 Å². The summed E-state index contributed by atoms with van der Waals surface area (Å²) in [6.45, 7) is 10.3. The minimum atomic E-state index is 0.306. The van der Waals surface area contributed by atoms with Gasteiger partial charge in [-0.1, -0.05) is 17.7 Å². The molecule has 1 aromatic carbocycles. The smallest absolute Gasteiger partial charge is 0.193 e. The molecule has 2 saturated heterocycles. The quantitative estimate of drug-likeness (QED) is 0.342. The van der Waals surface area contributed by atoms with Gasteiger partial charge in [-0.05, 0) is 70.9 Å². The highest BCUT2D eigenvalue weighted by Gasteiger charge is 2.23. The van der Waals surface area contributed by atoms with Crippen LogP contribution in [0.3, 0.4) is 0 Å². The molecule has 2 heterocycles. The molecule has 0 spiro atoms. The van der Waals surface area contributed by atoms with Crippen LogP contribution in [0.2, 0.25) is 0 Å². The molecular formula is C25H41N3O3. The topological polar surface area (TPSA) is 55.3 Å². The molecule has 1 aromatic rings. The van der Waals surface area contributed by atoms with E-state index in [0.717, 1.165) is 89.8 Å². The van der Waals surface area contributed by atoms with Crippen molar-refractivity contribution in [3.8, 4) is 5.75 Å². The Kier molecular flexibility index (Phi) is 10.5. The average molecular weight is 432 g/mol. The monoisotopic (exact) mass is 431 g/mol. The Bertz CT molecular complexity index is 636. The molecule has 3 rings (SSSR count). The van der Waals surface area contributed by atoms with Crippen LogP contribution < -0.4 is 10.1 Å². The first kappa shape index (κ1) is 23.9. The van der Waals surface area contributed by atoms with Crippen molar-refractivity contribution in [2.75, 3.05) is 46.0 Å². The highest BCUT2D eigenvalue weighted by molar-refractivity contribution is 5.80. The maximum Gasteiger partial charge on any atom is 0.193 e. The van der Waals surface area contributed by atoms with Crippen molar-refractivity contribution < 1.29 is 14.2 Å². The lowest BCUT2D eigenvalue weighted by Gasteiger charge is -2.35. The van der Waals surface area contributed by atoms with Crippen molar-refractivity contribution in [3.05, 3.63) is 29.8 Å². The molecule has 6 heteroatoms. The molecule has 0 bridgehead atoms. The summed E-state index contributed by atoms with van der Waals surface area (Å²) in [4.78, 5) is 7.23. The number of guanidine groups is 1. The Morgan fingerprint density at radius 2 is 1.94 bits per heavy atom. The molecule has 174 valence electrons. The number of nitrogens with one attached hydrogen (secondary N) is 1. The molecule has 0 aliphatic carbocycles. The number of hydrogen-bond acceptors (Lipinski definition) is 4. The summed E-state index contributed by atoms with van der Waals surface area (Å²) in [5.74, 6) is 1.98. The van der Waals surface area contributed by atoms with Crippen molar-refractivity contribution in [1.29, 1.82) is 0 Å². The predicted molar refractivity (Wildman–Crippen MR) is 126 cm³/mol. The van der Waals surface area contributed by atoms with E-state index in [0.29, 0.717) is 12.2 Å². The Balaban J connectivity index is 1.31. The largest absolute Gasteiger partial charge is 0.494 e. The Labute approximate surface area is 188 Å². The molecule has 1 atom stereocenters. The summed E-state index contributed by atoms with van der Waals surface area (Å²) < 4.78 is 17.8. The molecule has 6 nitrogen and oxygen atoms in total. The SMILES string of the molecule is CCNC(=NCCCCOc1ccc(C)cc1)N1CCC(OCC2CCCCO2)CC1. The van der Waals surface area contributed by atoms with Crippen molar-refractivity contribution in [1.82, 2.24) is 10.2 Å². The van der Waals surface area contributed by atoms with E-state index in [9.17, 15) is 0 Å². The van der Waals surface area contributed by atoms with Crippen LogP contribution in [0.15, 0.2) is 29.3 Å². The van der Waals surface area contributed by atoms with Gasteiger partial charge in [0, 0.05) is 32.8 Å². The lowest BCUT2D eigenvalue weighted by atomic mass is 10.1. The fourth-order valence-corrected chi connectivity index (χ4v) is 4.07. The number of ether oxygens (including phenoxy) is 3. The van der Waals surface area contributed by atoms with Crippen LogP contribution >= 0.6 is 0 Å². The highest BCUT2D eigenvalue weighted by atomic mass is 16.5. The van der Waals surface area contributed by atoms with Crippen LogP contribution in [-0.4, -0.2) is 69.1 Å². The van der Waals surface area contributed by atoms with E-state index in [1.807, 2.05) is 12.1 Å². The normalized spacial score (nSPS) is 20.6. The molecule has 0 amide bonds. The second-order valence-electron chi connectivity index (χ2n) is 8.61. The van der Waals surface area contributed by atoms with Crippen LogP contribution in [0.4, 0.5) is 0 Å². The van der Waals surface area contributed by atoms with E-state index in [1.54, 1.807) is 0 Å². The minimum absolute atomic E-state index is 0.306. The van der Waals surface area contributed by atoms with E-state index in [2.05, 4.69) is 36.2 Å². The molecule has 2 aliphatic rings. The van der Waals surface area contributed by atoms with Gasteiger partial charge in [0.05, 0.1) is 25.4 Å². The molecule has 0 radical (unpaired) electrons. The van der Waals surface area contributed by atoms with Crippen LogP contribution in [0.5, 0.6) is 5.75 Å². The van der Waals surface area contributed by atoms with Gasteiger partial charge < -0.3 is 24.4 Å². The summed E-state index contributed by atoms with van der Waals surface area (Å²) in [5, 5.41) is 3.46. The van der Waals surface area contributed by atoms with Crippen LogP contribution in [0.25, 0.3) is 0 Å². The lowest BCUT2D eigenvalue weighted by Crippen LogP contribution is -2.47. The molecule has 1 N–H and O–H groups in total. The van der Waals surface area contributed by atoms with E-state index >= 15 is 0 Å². The number of rotatable bonds is 10. The summed E-state index contributed by atoms with van der Waals surface area (Å²) in [6.07, 6.45) is 8.42. The van der Waals surface area contributed by atoms with Crippen molar-refractivity contribution in [2.45, 2.75) is 71.0 Å². The first-order valence-electron chi connectivity index (χ1n) is 12.2. The number of hydrogen-bond donors (Lipinski definition) is 1. The zero-order valence-corrected chi connectivity index (χ0v) is 19.5. The maximum absolute atomic E-state index is 6.15. The first-order chi connectivity index (χ1) is 15.2. The standard InChI is InChI=1S/C25H41N3O3/c1-3-26-25(27-15-5-7-19-29-22-11-9-21(2)10-12-22)28-16-13-23(14-17-28)31-20-24-8-4-6-18-30-24/h9-12,23-24H,3-8,13-20H2,1-2H3,(H,26,27). The second-order valence-corrected chi connectivity index (χ2v) is 8.61. The zero-order valence-electron chi connectivity index (χ0n) is 19.5. The number of nitrogens with zero attached hydrogens (tertiary/aromatic N) is 2. The Hall–Kier alpha value is -1.79. The third-order valence-corrected chi connectivity index (χ3v) is 5.97. The molecule has 31 heavy (non-hydrogen) atoms. The number of benzene rings is 1. The summed E-state index contributed by atoms with van der Waals surface area (Å²) in [7, 11) is 0. The van der Waals surface area contributed by atoms with Gasteiger partial charge in [0.2, 0.25) is 0 Å². The predicted octanol–water partition coefficient (Wildman–Crippen LogP) is 4.17. The number of unbranched alkanes of at least 4 members (excludes halogenated alkanes) is 1. The van der Waals surface area contributed by atoms with E-state index in [-0.39, 0.29) is 0 Å². The van der Waals surface area contributed by atoms with E-state index < -0.39 is 0 Å². The average Bonchev–Trinajstić information content (AvgIpc) is 2.81. The van der Waals surface area contributed by atoms with Gasteiger partial charge in [-0.3, -0.25) is 4.99 Å². The van der Waals surface area contributed by atoms with Gasteiger partial charge in [-0.2, -0.15) is 0 Å². The fraction of sp³-hybridized carbons (Fsp3) is 0.720. The van der Waals surface area contributed by atoms with Gasteiger partial charge in [-0.25, -0.2) is 0 Å². The Morgan fingerprint density at radius 3 is 2.65 bits per heavy atom. The van der Waals surface area contributed by atoms with Gasteiger partial charge in [0.25, 0.3) is 0 Å². The first-order valence-corrected chi connectivity index (χ1v) is 12.2. The number of piperidine rings is 1. The van der Waals surface area contributed by atoms with Gasteiger partial charge in [0.1, 0.15) is 5.75 Å². The lowest BCUT2D eigenvalue weighted by molar-refractivity contribution is -0.0721. The van der Waals surface area contributed by atoms with Crippen LogP contribution in [0.1, 0.15) is 57.4 Å². The van der Waals surface area contributed by atoms with Crippen LogP contribution in [0, 0.1) is 6.92 Å². The highest BCUT2D eigenvalue weighted by Crippen LogP contribution is 2.18.